The average molecular weight is 303 g/mol. The van der Waals surface area contributed by atoms with Crippen molar-refractivity contribution in [2.75, 3.05) is 13.6 Å². The molecule has 0 saturated carbocycles. The van der Waals surface area contributed by atoms with Crippen molar-refractivity contribution in [1.82, 2.24) is 15.2 Å². The molecule has 1 N–H and O–H groups in total. The molecule has 21 heavy (non-hydrogen) atoms. The number of nitrogens with one attached hydrogen (secondary N) is 1. The first-order valence-electron chi connectivity index (χ1n) is 7.56. The molecule has 0 bridgehead atoms. The summed E-state index contributed by atoms with van der Waals surface area (Å²) in [5.41, 5.74) is 3.91. The topological polar surface area (TPSA) is 28.2 Å². The molecular weight excluding hydrogens is 278 g/mol. The van der Waals surface area contributed by atoms with Gasteiger partial charge in [0.05, 0.1) is 5.69 Å². The van der Waals surface area contributed by atoms with E-state index < -0.39 is 0 Å². The summed E-state index contributed by atoms with van der Waals surface area (Å²) >= 11 is 1.75. The van der Waals surface area contributed by atoms with Crippen LogP contribution in [0.25, 0.3) is 0 Å². The lowest BCUT2D eigenvalue weighted by Gasteiger charge is -2.16. The van der Waals surface area contributed by atoms with Crippen LogP contribution in [0.1, 0.15) is 35.2 Å². The van der Waals surface area contributed by atoms with Crippen LogP contribution in [0.3, 0.4) is 0 Å². The van der Waals surface area contributed by atoms with Crippen molar-refractivity contribution in [2.24, 2.45) is 0 Å². The van der Waals surface area contributed by atoms with Gasteiger partial charge < -0.3 is 5.32 Å². The van der Waals surface area contributed by atoms with Crippen molar-refractivity contribution >= 4 is 11.3 Å². The van der Waals surface area contributed by atoms with E-state index in [-0.39, 0.29) is 0 Å². The van der Waals surface area contributed by atoms with E-state index in [2.05, 4.69) is 60.8 Å². The summed E-state index contributed by atoms with van der Waals surface area (Å²) in [6, 6.07) is 8.57. The molecule has 0 unspecified atom stereocenters. The van der Waals surface area contributed by atoms with Gasteiger partial charge in [0.25, 0.3) is 0 Å². The van der Waals surface area contributed by atoms with Crippen LogP contribution >= 0.6 is 11.3 Å². The number of nitrogens with zero attached hydrogens (tertiary/aromatic N) is 2. The van der Waals surface area contributed by atoms with Crippen LogP contribution < -0.4 is 5.32 Å². The molecular formula is C17H25N3S. The summed E-state index contributed by atoms with van der Waals surface area (Å²) in [6.45, 7) is 8.17. The van der Waals surface area contributed by atoms with E-state index >= 15 is 0 Å². The number of hydrogen-bond acceptors (Lipinski definition) is 4. The molecule has 0 saturated heterocycles. The van der Waals surface area contributed by atoms with Crippen molar-refractivity contribution in [3.05, 3.63) is 51.5 Å². The van der Waals surface area contributed by atoms with Crippen LogP contribution in [0, 0.1) is 6.92 Å². The van der Waals surface area contributed by atoms with Gasteiger partial charge in [0.2, 0.25) is 0 Å². The van der Waals surface area contributed by atoms with Gasteiger partial charge in [0.15, 0.2) is 0 Å². The maximum atomic E-state index is 4.70. The van der Waals surface area contributed by atoms with Gasteiger partial charge >= 0.3 is 0 Å². The fraction of sp³-hybridized carbons (Fsp3) is 0.471. The summed E-state index contributed by atoms with van der Waals surface area (Å²) in [7, 11) is 2.15. The minimum absolute atomic E-state index is 0.889. The van der Waals surface area contributed by atoms with Gasteiger partial charge in [-0.05, 0) is 38.1 Å². The van der Waals surface area contributed by atoms with Gasteiger partial charge in [-0.3, -0.25) is 4.90 Å². The van der Waals surface area contributed by atoms with E-state index in [1.807, 2.05) is 0 Å². The minimum atomic E-state index is 0.889. The highest BCUT2D eigenvalue weighted by molar-refractivity contribution is 7.09. The number of hydrogen-bond donors (Lipinski definition) is 1. The normalized spacial score (nSPS) is 11.2. The standard InChI is InChI=1S/C17H25N3S/c1-4-9-18-10-17-19-16(13-21-17)12-20(3)11-15-8-6-5-7-14(15)2/h5-8,13,18H,4,9-12H2,1-3H3. The Bertz CT molecular complexity index is 550. The van der Waals surface area contributed by atoms with Gasteiger partial charge in [0, 0.05) is 25.0 Å². The fourth-order valence-electron chi connectivity index (χ4n) is 2.29. The van der Waals surface area contributed by atoms with Crippen molar-refractivity contribution in [3.8, 4) is 0 Å². The highest BCUT2D eigenvalue weighted by Crippen LogP contribution is 2.14. The lowest BCUT2D eigenvalue weighted by Crippen LogP contribution is -2.18. The first kappa shape index (κ1) is 16.1. The highest BCUT2D eigenvalue weighted by Gasteiger charge is 2.07. The molecule has 0 aliphatic heterocycles. The maximum Gasteiger partial charge on any atom is 0.107 e. The lowest BCUT2D eigenvalue weighted by atomic mass is 10.1. The second-order valence-corrected chi connectivity index (χ2v) is 6.45. The highest BCUT2D eigenvalue weighted by atomic mass is 32.1. The van der Waals surface area contributed by atoms with Gasteiger partial charge in [-0.25, -0.2) is 4.98 Å². The van der Waals surface area contributed by atoms with Crippen molar-refractivity contribution in [3.63, 3.8) is 0 Å². The molecule has 2 rings (SSSR count). The molecule has 0 radical (unpaired) electrons. The third-order valence-corrected chi connectivity index (χ3v) is 4.33. The van der Waals surface area contributed by atoms with Crippen LogP contribution in [0.2, 0.25) is 0 Å². The van der Waals surface area contributed by atoms with E-state index in [9.17, 15) is 0 Å². The van der Waals surface area contributed by atoms with Crippen molar-refractivity contribution in [1.29, 1.82) is 0 Å². The quantitative estimate of drug-likeness (QED) is 0.756. The van der Waals surface area contributed by atoms with Crippen LogP contribution in [-0.2, 0) is 19.6 Å². The van der Waals surface area contributed by atoms with Crippen molar-refractivity contribution < 1.29 is 0 Å². The second kappa shape index (κ2) is 8.27. The smallest absolute Gasteiger partial charge is 0.107 e. The third-order valence-electron chi connectivity index (χ3n) is 3.44. The Kier molecular flexibility index (Phi) is 6.36. The lowest BCUT2D eigenvalue weighted by molar-refractivity contribution is 0.315. The molecule has 2 aromatic rings. The number of thiazole rings is 1. The summed E-state index contributed by atoms with van der Waals surface area (Å²) in [5, 5.41) is 6.76. The number of aromatic nitrogens is 1. The zero-order valence-corrected chi connectivity index (χ0v) is 14.0. The van der Waals surface area contributed by atoms with E-state index in [0.717, 1.165) is 32.6 Å². The number of rotatable bonds is 8. The summed E-state index contributed by atoms with van der Waals surface area (Å²) in [6.07, 6.45) is 1.16. The predicted octanol–water partition coefficient (Wildman–Crippen LogP) is 3.58. The average Bonchev–Trinajstić information content (AvgIpc) is 2.89. The van der Waals surface area contributed by atoms with Crippen LogP contribution in [-0.4, -0.2) is 23.5 Å². The molecule has 1 heterocycles. The van der Waals surface area contributed by atoms with E-state index in [0.29, 0.717) is 0 Å². The molecule has 4 heteroatoms. The molecule has 3 nitrogen and oxygen atoms in total. The Hall–Kier alpha value is -1.23. The second-order valence-electron chi connectivity index (χ2n) is 5.51. The zero-order valence-electron chi connectivity index (χ0n) is 13.2. The first-order chi connectivity index (χ1) is 10.2. The van der Waals surface area contributed by atoms with Gasteiger partial charge in [-0.2, -0.15) is 0 Å². The Morgan fingerprint density at radius 2 is 2.05 bits per heavy atom. The molecule has 1 aromatic heterocycles. The van der Waals surface area contributed by atoms with Crippen molar-refractivity contribution in [2.45, 2.75) is 39.9 Å². The summed E-state index contributed by atoms with van der Waals surface area (Å²) < 4.78 is 0. The molecule has 0 aliphatic carbocycles. The third kappa shape index (κ3) is 5.23. The number of benzene rings is 1. The minimum Gasteiger partial charge on any atom is -0.310 e. The Morgan fingerprint density at radius 1 is 1.24 bits per heavy atom. The van der Waals surface area contributed by atoms with Crippen LogP contribution in [0.15, 0.2) is 29.6 Å². The monoisotopic (exact) mass is 303 g/mol. The Labute approximate surface area is 132 Å². The van der Waals surface area contributed by atoms with Gasteiger partial charge in [-0.15, -0.1) is 11.3 Å². The molecule has 0 amide bonds. The van der Waals surface area contributed by atoms with Gasteiger partial charge in [-0.1, -0.05) is 31.2 Å². The predicted molar refractivity (Wildman–Crippen MR) is 90.5 cm³/mol. The van der Waals surface area contributed by atoms with E-state index in [1.54, 1.807) is 11.3 Å². The molecule has 114 valence electrons. The van der Waals surface area contributed by atoms with Crippen LogP contribution in [0.4, 0.5) is 0 Å². The van der Waals surface area contributed by atoms with E-state index in [4.69, 9.17) is 4.98 Å². The SMILES string of the molecule is CCCNCc1nc(CN(C)Cc2ccccc2C)cs1. The molecule has 0 fully saturated rings. The Morgan fingerprint density at radius 3 is 2.81 bits per heavy atom. The summed E-state index contributed by atoms with van der Waals surface area (Å²) in [4.78, 5) is 7.02. The summed E-state index contributed by atoms with van der Waals surface area (Å²) in [5.74, 6) is 0. The molecule has 0 spiro atoms. The molecule has 0 atom stereocenters. The van der Waals surface area contributed by atoms with E-state index in [1.165, 1.54) is 21.8 Å². The Balaban J connectivity index is 1.85. The largest absolute Gasteiger partial charge is 0.310 e. The van der Waals surface area contributed by atoms with Gasteiger partial charge in [0.1, 0.15) is 5.01 Å². The van der Waals surface area contributed by atoms with Crippen LogP contribution in [0.5, 0.6) is 0 Å². The zero-order chi connectivity index (χ0) is 15.1. The fourth-order valence-corrected chi connectivity index (χ4v) is 3.04. The number of aryl methyl sites for hydroxylation is 1. The molecule has 1 aromatic carbocycles. The first-order valence-corrected chi connectivity index (χ1v) is 8.44. The maximum absolute atomic E-state index is 4.70. The molecule has 0 aliphatic rings.